The van der Waals surface area contributed by atoms with E-state index in [9.17, 15) is 0 Å². The topological polar surface area (TPSA) is 38.4 Å². The second kappa shape index (κ2) is 7.85. The molecule has 0 aliphatic heterocycles. The van der Waals surface area contributed by atoms with Crippen LogP contribution in [0.5, 0.6) is 0 Å². The summed E-state index contributed by atoms with van der Waals surface area (Å²) >= 11 is 0. The van der Waals surface area contributed by atoms with Gasteiger partial charge in [0, 0.05) is 53.8 Å². The zero-order valence-electron chi connectivity index (χ0n) is 7.66. The summed E-state index contributed by atoms with van der Waals surface area (Å²) in [5, 5.41) is 3.43. The molecule has 0 atom stereocenters. The van der Waals surface area contributed by atoms with Gasteiger partial charge in [-0.3, -0.25) is 17.2 Å². The van der Waals surface area contributed by atoms with Gasteiger partial charge in [-0.05, 0) is 0 Å². The average Bonchev–Trinajstić information content (AvgIpc) is 1.95. The molecule has 0 fully saturated rings. The molecule has 1 radical (unpaired) electrons. The van der Waals surface area contributed by atoms with Crippen molar-refractivity contribution in [2.24, 2.45) is 10.9 Å². The maximum absolute atomic E-state index is 5.01. The predicted molar refractivity (Wildman–Crippen MR) is 45.4 cm³/mol. The first-order valence-electron chi connectivity index (χ1n) is 3.38. The van der Waals surface area contributed by atoms with Crippen molar-refractivity contribution in [2.75, 3.05) is 0 Å². The molecule has 4 heteroatoms. The Morgan fingerprint density at radius 3 is 2.54 bits per heavy atom. The van der Waals surface area contributed by atoms with Crippen LogP contribution in [0.3, 0.4) is 0 Å². The smallest absolute Gasteiger partial charge is 0 e. The molecule has 1 rings (SSSR count). The van der Waals surface area contributed by atoms with Crippen molar-refractivity contribution in [1.82, 2.24) is 0 Å². The van der Waals surface area contributed by atoms with Gasteiger partial charge in [0.15, 0.2) is 0 Å². The molecule has 0 saturated heterocycles. The Labute approximate surface area is 119 Å². The normalized spacial score (nSPS) is 9.08. The zero-order valence-corrected chi connectivity index (χ0v) is 13.4. The van der Waals surface area contributed by atoms with Crippen LogP contribution >= 0.6 is 0 Å². The molecular weight excluding hydrogens is 409 g/mol. The standard InChI is InChI=1S/C9H10N2.W.Y/c1-7-3-4-9(6-11-10)8(2)5-7;;/h4,6H,10H2,1-2H3;;/q-2;;. The molecule has 1 aromatic rings. The van der Waals surface area contributed by atoms with Crippen LogP contribution in [0.15, 0.2) is 11.2 Å². The van der Waals surface area contributed by atoms with E-state index in [-0.39, 0.29) is 53.8 Å². The van der Waals surface area contributed by atoms with E-state index in [1.165, 1.54) is 0 Å². The minimum Gasteiger partial charge on any atom is -0.355 e. The molecule has 0 amide bonds. The van der Waals surface area contributed by atoms with Gasteiger partial charge >= 0.3 is 0 Å². The third-order valence-corrected chi connectivity index (χ3v) is 1.47. The SMILES string of the molecule is Cc1[c-]cc(C=NN)c(C)[c-]1.[W].[Y]. The van der Waals surface area contributed by atoms with Crippen LogP contribution < -0.4 is 5.84 Å². The molecule has 1 aromatic carbocycles. The fraction of sp³-hybridized carbons (Fsp3) is 0.222. The summed E-state index contributed by atoms with van der Waals surface area (Å²) < 4.78 is 0. The maximum atomic E-state index is 5.01. The minimum absolute atomic E-state index is 0. The molecule has 0 unspecified atom stereocenters. The van der Waals surface area contributed by atoms with Crippen LogP contribution in [0.25, 0.3) is 0 Å². The first kappa shape index (κ1) is 15.9. The van der Waals surface area contributed by atoms with E-state index in [0.29, 0.717) is 0 Å². The Kier molecular flexibility index (Phi) is 9.62. The van der Waals surface area contributed by atoms with E-state index >= 15 is 0 Å². The number of hydrogen-bond donors (Lipinski definition) is 1. The molecule has 0 bridgehead atoms. The molecule has 0 aromatic heterocycles. The van der Waals surface area contributed by atoms with Crippen LogP contribution in [0, 0.1) is 26.0 Å². The number of hydrogen-bond acceptors (Lipinski definition) is 2. The van der Waals surface area contributed by atoms with Gasteiger partial charge in [-0.2, -0.15) is 0 Å². The number of rotatable bonds is 1. The van der Waals surface area contributed by atoms with Gasteiger partial charge < -0.3 is 18.0 Å². The third kappa shape index (κ3) is 5.05. The van der Waals surface area contributed by atoms with Crippen molar-refractivity contribution >= 4 is 6.21 Å². The van der Waals surface area contributed by atoms with Gasteiger partial charge in [-0.1, -0.05) is 20.1 Å². The fourth-order valence-electron chi connectivity index (χ4n) is 0.898. The summed E-state index contributed by atoms with van der Waals surface area (Å²) in [7, 11) is 0. The monoisotopic (exact) mass is 419 g/mol. The van der Waals surface area contributed by atoms with Crippen molar-refractivity contribution in [3.05, 3.63) is 34.9 Å². The summed E-state index contributed by atoms with van der Waals surface area (Å²) in [5.74, 6) is 5.01. The summed E-state index contributed by atoms with van der Waals surface area (Å²) in [5.41, 5.74) is 3.03. The molecule has 0 heterocycles. The van der Waals surface area contributed by atoms with Gasteiger partial charge in [0.25, 0.3) is 0 Å². The average molecular weight is 419 g/mol. The minimum atomic E-state index is 0. The summed E-state index contributed by atoms with van der Waals surface area (Å²) in [6.45, 7) is 3.92. The summed E-state index contributed by atoms with van der Waals surface area (Å²) in [4.78, 5) is 0. The molecule has 2 N–H and O–H groups in total. The fourth-order valence-corrected chi connectivity index (χ4v) is 0.898. The van der Waals surface area contributed by atoms with Crippen LogP contribution in [0.1, 0.15) is 16.7 Å². The first-order valence-corrected chi connectivity index (χ1v) is 3.38. The zero-order chi connectivity index (χ0) is 8.27. The number of nitrogens with two attached hydrogens (primary N) is 1. The van der Waals surface area contributed by atoms with E-state index in [4.69, 9.17) is 5.84 Å². The van der Waals surface area contributed by atoms with E-state index in [1.807, 2.05) is 19.9 Å². The Balaban J connectivity index is 0. The largest absolute Gasteiger partial charge is 0.355 e. The number of benzene rings is 1. The Morgan fingerprint density at radius 1 is 1.46 bits per heavy atom. The predicted octanol–water partition coefficient (Wildman–Crippen LogP) is 1.19. The Bertz CT molecular complexity index is 287. The Hall–Kier alpha value is 0.482. The molecule has 67 valence electrons. The molecule has 2 nitrogen and oxygen atoms in total. The van der Waals surface area contributed by atoms with Gasteiger partial charge in [0.2, 0.25) is 0 Å². The van der Waals surface area contributed by atoms with Crippen LogP contribution in [-0.4, -0.2) is 6.21 Å². The van der Waals surface area contributed by atoms with Crippen molar-refractivity contribution in [1.29, 1.82) is 0 Å². The van der Waals surface area contributed by atoms with E-state index < -0.39 is 0 Å². The number of hydrazone groups is 1. The number of nitrogens with zero attached hydrogens (tertiary/aromatic N) is 1. The van der Waals surface area contributed by atoms with E-state index in [0.717, 1.165) is 16.7 Å². The van der Waals surface area contributed by atoms with Crippen molar-refractivity contribution in [3.8, 4) is 0 Å². The first-order chi connectivity index (χ1) is 5.24. The summed E-state index contributed by atoms with van der Waals surface area (Å²) in [6.07, 6.45) is 1.60. The molecule has 0 spiro atoms. The van der Waals surface area contributed by atoms with Crippen molar-refractivity contribution in [2.45, 2.75) is 13.8 Å². The summed E-state index contributed by atoms with van der Waals surface area (Å²) in [6, 6.07) is 8.00. The second-order valence-corrected chi connectivity index (χ2v) is 2.40. The van der Waals surface area contributed by atoms with Gasteiger partial charge in [-0.15, -0.1) is 0 Å². The van der Waals surface area contributed by atoms with Gasteiger partial charge in [0.05, 0.1) is 0 Å². The van der Waals surface area contributed by atoms with E-state index in [1.54, 1.807) is 6.21 Å². The van der Waals surface area contributed by atoms with Gasteiger partial charge in [0.1, 0.15) is 0 Å². The Morgan fingerprint density at radius 2 is 2.08 bits per heavy atom. The molecule has 0 aliphatic rings. The molecular formula is C9H10N2WY-2. The van der Waals surface area contributed by atoms with Crippen LogP contribution in [-0.2, 0) is 53.8 Å². The van der Waals surface area contributed by atoms with Crippen molar-refractivity contribution < 1.29 is 53.8 Å². The molecule has 0 aliphatic carbocycles. The van der Waals surface area contributed by atoms with Crippen LogP contribution in [0.4, 0.5) is 0 Å². The number of aryl methyl sites for hydroxylation is 2. The van der Waals surface area contributed by atoms with Crippen molar-refractivity contribution in [3.63, 3.8) is 0 Å². The molecule has 0 saturated carbocycles. The third-order valence-electron chi connectivity index (χ3n) is 1.47. The maximum Gasteiger partial charge on any atom is 0 e. The quantitative estimate of drug-likeness (QED) is 0.316. The second-order valence-electron chi connectivity index (χ2n) is 2.40. The molecule has 13 heavy (non-hydrogen) atoms. The van der Waals surface area contributed by atoms with Gasteiger partial charge in [-0.25, -0.2) is 10.7 Å². The van der Waals surface area contributed by atoms with E-state index in [2.05, 4.69) is 17.2 Å². The van der Waals surface area contributed by atoms with Crippen LogP contribution in [0.2, 0.25) is 0 Å².